The molecule has 0 spiro atoms. The number of aryl methyl sites for hydroxylation is 1. The fraction of sp³-hybridized carbons (Fsp3) is 0.474. The largest absolute Gasteiger partial charge is 0.466 e. The summed E-state index contributed by atoms with van der Waals surface area (Å²) in [7, 11) is 1.75. The van der Waals surface area contributed by atoms with Crippen LogP contribution in [0.15, 0.2) is 29.4 Å². The zero-order chi connectivity index (χ0) is 18.1. The Morgan fingerprint density at radius 1 is 1.27 bits per heavy atom. The molecular formula is C19H29IN4O2. The fourth-order valence-corrected chi connectivity index (χ4v) is 2.72. The maximum atomic E-state index is 11.3. The van der Waals surface area contributed by atoms with Gasteiger partial charge in [0.15, 0.2) is 5.96 Å². The predicted octanol–water partition coefficient (Wildman–Crippen LogP) is 3.15. The summed E-state index contributed by atoms with van der Waals surface area (Å²) >= 11 is 0. The van der Waals surface area contributed by atoms with Crippen molar-refractivity contribution in [2.24, 2.45) is 4.99 Å². The highest BCUT2D eigenvalue weighted by Crippen LogP contribution is 2.19. The molecule has 0 saturated carbocycles. The van der Waals surface area contributed by atoms with Crippen LogP contribution in [0.2, 0.25) is 0 Å². The zero-order valence-corrected chi connectivity index (χ0v) is 18.1. The lowest BCUT2D eigenvalue weighted by molar-refractivity contribution is -0.143. The molecule has 1 heterocycles. The SMILES string of the molecule is CCOC(=O)CCCNC(=NC)NCCc1c[nH]c2cc(C)ccc12.I. The molecular weight excluding hydrogens is 443 g/mol. The first-order chi connectivity index (χ1) is 12.1. The second kappa shape index (κ2) is 11.8. The molecule has 0 bridgehead atoms. The number of fused-ring (bicyclic) bond motifs is 1. The van der Waals surface area contributed by atoms with Crippen LogP contribution in [0.25, 0.3) is 10.9 Å². The number of hydrogen-bond acceptors (Lipinski definition) is 3. The van der Waals surface area contributed by atoms with Gasteiger partial charge in [-0.2, -0.15) is 0 Å². The Bertz CT molecular complexity index is 727. The number of benzene rings is 1. The maximum absolute atomic E-state index is 11.3. The Hall–Kier alpha value is -1.77. The molecule has 0 aliphatic carbocycles. The zero-order valence-electron chi connectivity index (χ0n) is 15.7. The predicted molar refractivity (Wildman–Crippen MR) is 117 cm³/mol. The summed E-state index contributed by atoms with van der Waals surface area (Å²) in [4.78, 5) is 18.8. The van der Waals surface area contributed by atoms with Crippen molar-refractivity contribution < 1.29 is 9.53 Å². The van der Waals surface area contributed by atoms with E-state index in [1.807, 2.05) is 6.92 Å². The van der Waals surface area contributed by atoms with Gasteiger partial charge in [-0.25, -0.2) is 0 Å². The van der Waals surface area contributed by atoms with Crippen molar-refractivity contribution in [3.8, 4) is 0 Å². The van der Waals surface area contributed by atoms with E-state index in [-0.39, 0.29) is 29.9 Å². The van der Waals surface area contributed by atoms with E-state index in [0.29, 0.717) is 19.6 Å². The molecule has 1 aromatic carbocycles. The first-order valence-corrected chi connectivity index (χ1v) is 8.80. The van der Waals surface area contributed by atoms with Crippen molar-refractivity contribution in [3.05, 3.63) is 35.5 Å². The second-order valence-electron chi connectivity index (χ2n) is 5.95. The highest BCUT2D eigenvalue weighted by atomic mass is 127. The van der Waals surface area contributed by atoms with Crippen LogP contribution in [0.1, 0.15) is 30.9 Å². The van der Waals surface area contributed by atoms with Crippen LogP contribution >= 0.6 is 24.0 Å². The quantitative estimate of drug-likeness (QED) is 0.181. The summed E-state index contributed by atoms with van der Waals surface area (Å²) in [5.74, 6) is 0.598. The number of halogens is 1. The van der Waals surface area contributed by atoms with E-state index >= 15 is 0 Å². The minimum Gasteiger partial charge on any atom is -0.466 e. The Morgan fingerprint density at radius 3 is 2.77 bits per heavy atom. The average molecular weight is 472 g/mol. The van der Waals surface area contributed by atoms with Gasteiger partial charge in [-0.15, -0.1) is 24.0 Å². The lowest BCUT2D eigenvalue weighted by atomic mass is 10.1. The Balaban J connectivity index is 0.00000338. The first kappa shape index (κ1) is 22.3. The molecule has 0 aliphatic rings. The number of aromatic nitrogens is 1. The smallest absolute Gasteiger partial charge is 0.305 e. The van der Waals surface area contributed by atoms with Gasteiger partial charge < -0.3 is 20.4 Å². The van der Waals surface area contributed by atoms with Crippen molar-refractivity contribution in [2.45, 2.75) is 33.1 Å². The highest BCUT2D eigenvalue weighted by Gasteiger charge is 2.05. The maximum Gasteiger partial charge on any atom is 0.305 e. The van der Waals surface area contributed by atoms with Gasteiger partial charge in [-0.05, 0) is 43.9 Å². The molecule has 0 unspecified atom stereocenters. The first-order valence-electron chi connectivity index (χ1n) is 8.80. The minimum absolute atomic E-state index is 0. The number of aromatic amines is 1. The topological polar surface area (TPSA) is 78.5 Å². The Kier molecular flexibility index (Phi) is 10.1. The van der Waals surface area contributed by atoms with Gasteiger partial charge in [0.2, 0.25) is 0 Å². The summed E-state index contributed by atoms with van der Waals surface area (Å²) in [6.45, 7) is 5.82. The molecule has 144 valence electrons. The van der Waals surface area contributed by atoms with E-state index in [2.05, 4.69) is 51.9 Å². The number of guanidine groups is 1. The number of nitrogens with zero attached hydrogens (tertiary/aromatic N) is 1. The molecule has 7 heteroatoms. The molecule has 1 aromatic heterocycles. The van der Waals surface area contributed by atoms with E-state index in [1.165, 1.54) is 22.0 Å². The molecule has 2 rings (SSSR count). The highest BCUT2D eigenvalue weighted by molar-refractivity contribution is 14.0. The molecule has 0 radical (unpaired) electrons. The van der Waals surface area contributed by atoms with Crippen molar-refractivity contribution in [1.29, 1.82) is 0 Å². The van der Waals surface area contributed by atoms with Crippen LogP contribution in [0.5, 0.6) is 0 Å². The molecule has 2 aromatic rings. The number of H-pyrrole nitrogens is 1. The number of nitrogens with one attached hydrogen (secondary N) is 3. The number of rotatable bonds is 8. The third-order valence-electron chi connectivity index (χ3n) is 3.99. The number of carbonyl (C=O) groups excluding carboxylic acids is 1. The third-order valence-corrected chi connectivity index (χ3v) is 3.99. The van der Waals surface area contributed by atoms with Crippen molar-refractivity contribution in [2.75, 3.05) is 26.7 Å². The molecule has 0 atom stereocenters. The number of aliphatic imine (C=N–C) groups is 1. The molecule has 0 fully saturated rings. The summed E-state index contributed by atoms with van der Waals surface area (Å²) < 4.78 is 4.91. The lowest BCUT2D eigenvalue weighted by Gasteiger charge is -2.11. The van der Waals surface area contributed by atoms with Gasteiger partial charge in [-0.1, -0.05) is 12.1 Å². The summed E-state index contributed by atoms with van der Waals surface area (Å²) in [6, 6.07) is 6.46. The molecule has 0 aliphatic heterocycles. The number of ether oxygens (including phenoxy) is 1. The second-order valence-corrected chi connectivity index (χ2v) is 5.95. The van der Waals surface area contributed by atoms with E-state index in [1.54, 1.807) is 7.05 Å². The molecule has 6 nitrogen and oxygen atoms in total. The van der Waals surface area contributed by atoms with Crippen LogP contribution in [-0.2, 0) is 16.0 Å². The van der Waals surface area contributed by atoms with Gasteiger partial charge >= 0.3 is 5.97 Å². The Labute approximate surface area is 172 Å². The normalized spacial score (nSPS) is 11.1. The van der Waals surface area contributed by atoms with Crippen molar-refractivity contribution >= 4 is 46.8 Å². The van der Waals surface area contributed by atoms with E-state index in [0.717, 1.165) is 25.3 Å². The average Bonchev–Trinajstić information content (AvgIpc) is 2.99. The van der Waals surface area contributed by atoms with Gasteiger partial charge in [-0.3, -0.25) is 9.79 Å². The van der Waals surface area contributed by atoms with E-state index in [4.69, 9.17) is 4.74 Å². The number of hydrogen-bond donors (Lipinski definition) is 3. The van der Waals surface area contributed by atoms with Gasteiger partial charge in [0.1, 0.15) is 0 Å². The van der Waals surface area contributed by atoms with E-state index in [9.17, 15) is 4.79 Å². The Morgan fingerprint density at radius 2 is 2.04 bits per heavy atom. The van der Waals surface area contributed by atoms with Gasteiger partial charge in [0.05, 0.1) is 6.61 Å². The van der Waals surface area contributed by atoms with Gasteiger partial charge in [0, 0.05) is 43.7 Å². The van der Waals surface area contributed by atoms with Crippen LogP contribution < -0.4 is 10.6 Å². The van der Waals surface area contributed by atoms with Crippen LogP contribution in [-0.4, -0.2) is 43.7 Å². The number of carbonyl (C=O) groups is 1. The van der Waals surface area contributed by atoms with E-state index < -0.39 is 0 Å². The molecule has 0 saturated heterocycles. The van der Waals surface area contributed by atoms with Crippen LogP contribution in [0.3, 0.4) is 0 Å². The summed E-state index contributed by atoms with van der Waals surface area (Å²) in [5, 5.41) is 7.79. The monoisotopic (exact) mass is 472 g/mol. The summed E-state index contributed by atoms with van der Waals surface area (Å²) in [6.07, 6.45) is 4.13. The molecule has 3 N–H and O–H groups in total. The van der Waals surface area contributed by atoms with Crippen LogP contribution in [0, 0.1) is 6.92 Å². The molecule has 26 heavy (non-hydrogen) atoms. The number of esters is 1. The lowest BCUT2D eigenvalue weighted by Crippen LogP contribution is -2.38. The minimum atomic E-state index is -0.151. The van der Waals surface area contributed by atoms with Crippen molar-refractivity contribution in [3.63, 3.8) is 0 Å². The molecule has 0 amide bonds. The third kappa shape index (κ3) is 6.86. The summed E-state index contributed by atoms with van der Waals surface area (Å²) in [5.41, 5.74) is 3.73. The van der Waals surface area contributed by atoms with Crippen molar-refractivity contribution in [1.82, 2.24) is 15.6 Å². The van der Waals surface area contributed by atoms with Gasteiger partial charge in [0.25, 0.3) is 0 Å². The van der Waals surface area contributed by atoms with Crippen LogP contribution in [0.4, 0.5) is 0 Å². The fourth-order valence-electron chi connectivity index (χ4n) is 2.72. The standard InChI is InChI=1S/C19H28N4O2.HI/c1-4-25-18(24)6-5-10-21-19(20-3)22-11-9-15-13-23-17-12-14(2)7-8-16(15)17;/h7-8,12-13,23H,4-6,9-11H2,1-3H3,(H2,20,21,22);1H.